The van der Waals surface area contributed by atoms with Gasteiger partial charge in [0.25, 0.3) is 0 Å². The summed E-state index contributed by atoms with van der Waals surface area (Å²) in [5.74, 6) is 1.93. The summed E-state index contributed by atoms with van der Waals surface area (Å²) in [5, 5.41) is 12.0. The van der Waals surface area contributed by atoms with Crippen molar-refractivity contribution in [2.75, 3.05) is 0 Å². The van der Waals surface area contributed by atoms with Crippen LogP contribution in [0.5, 0.6) is 0 Å². The Hall–Kier alpha value is -7.17. The second kappa shape index (κ2) is 11.7. The van der Waals surface area contributed by atoms with Crippen LogP contribution in [0, 0.1) is 0 Å². The fourth-order valence-electron chi connectivity index (χ4n) is 8.14. The Morgan fingerprint density at radius 1 is 0.340 bits per heavy atom. The molecule has 0 aliphatic heterocycles. The molecule has 0 aliphatic rings. The predicted octanol–water partition coefficient (Wildman–Crippen LogP) is 12.6. The summed E-state index contributed by atoms with van der Waals surface area (Å²) < 4.78 is 2.47. The molecule has 2 aromatic heterocycles. The summed E-state index contributed by atoms with van der Waals surface area (Å²) in [7, 11) is 0. The minimum atomic E-state index is 0.642. The zero-order chi connectivity index (χ0) is 34.9. The average Bonchev–Trinajstić information content (AvgIpc) is 3.58. The molecular formula is C49H30N4. The molecule has 4 heteroatoms. The van der Waals surface area contributed by atoms with E-state index in [2.05, 4.69) is 168 Å². The van der Waals surface area contributed by atoms with Gasteiger partial charge in [0.15, 0.2) is 17.5 Å². The highest BCUT2D eigenvalue weighted by Crippen LogP contribution is 2.42. The molecule has 246 valence electrons. The molecule has 0 aliphatic carbocycles. The summed E-state index contributed by atoms with van der Waals surface area (Å²) in [6.07, 6.45) is 0. The van der Waals surface area contributed by atoms with Gasteiger partial charge >= 0.3 is 0 Å². The van der Waals surface area contributed by atoms with E-state index in [4.69, 9.17) is 15.0 Å². The third kappa shape index (κ3) is 4.66. The topological polar surface area (TPSA) is 43.6 Å². The lowest BCUT2D eigenvalue weighted by Crippen LogP contribution is -2.02. The smallest absolute Gasteiger partial charge is 0.164 e. The summed E-state index contributed by atoms with van der Waals surface area (Å²) in [6, 6.07) is 64.5. The van der Waals surface area contributed by atoms with E-state index in [1.807, 2.05) is 18.2 Å². The highest BCUT2D eigenvalue weighted by Gasteiger charge is 2.21. The molecule has 0 atom stereocenters. The first-order chi connectivity index (χ1) is 26.3. The highest BCUT2D eigenvalue weighted by atomic mass is 15.0. The molecule has 0 radical (unpaired) electrons. The van der Waals surface area contributed by atoms with E-state index in [1.54, 1.807) is 0 Å². The zero-order valence-corrected chi connectivity index (χ0v) is 28.6. The second-order valence-corrected chi connectivity index (χ2v) is 13.6. The molecule has 0 saturated carbocycles. The Balaban J connectivity index is 1.19. The number of nitrogens with zero attached hydrogens (tertiary/aromatic N) is 4. The van der Waals surface area contributed by atoms with Gasteiger partial charge in [0.05, 0.1) is 16.7 Å². The molecule has 53 heavy (non-hydrogen) atoms. The van der Waals surface area contributed by atoms with Crippen molar-refractivity contribution >= 4 is 64.9 Å². The third-order valence-corrected chi connectivity index (χ3v) is 10.6. The summed E-state index contributed by atoms with van der Waals surface area (Å²) in [6.45, 7) is 0. The van der Waals surface area contributed by atoms with E-state index in [1.165, 1.54) is 48.7 Å². The van der Waals surface area contributed by atoms with Crippen molar-refractivity contribution in [3.8, 4) is 39.9 Å². The minimum absolute atomic E-state index is 0.642. The Kier molecular flexibility index (Phi) is 6.52. The van der Waals surface area contributed by atoms with Crippen molar-refractivity contribution in [2.24, 2.45) is 0 Å². The van der Waals surface area contributed by atoms with E-state index in [-0.39, 0.29) is 0 Å². The molecule has 0 amide bonds. The molecule has 11 aromatic rings. The van der Waals surface area contributed by atoms with Crippen molar-refractivity contribution in [1.29, 1.82) is 0 Å². The summed E-state index contributed by atoms with van der Waals surface area (Å²) >= 11 is 0. The molecule has 2 heterocycles. The van der Waals surface area contributed by atoms with Crippen molar-refractivity contribution in [1.82, 2.24) is 19.5 Å². The molecule has 0 unspecified atom stereocenters. The number of aromatic nitrogens is 4. The van der Waals surface area contributed by atoms with Crippen LogP contribution in [0.2, 0.25) is 0 Å². The Morgan fingerprint density at radius 3 is 1.74 bits per heavy atom. The third-order valence-electron chi connectivity index (χ3n) is 10.6. The van der Waals surface area contributed by atoms with Crippen LogP contribution in [0.3, 0.4) is 0 Å². The van der Waals surface area contributed by atoms with E-state index < -0.39 is 0 Å². The zero-order valence-electron chi connectivity index (χ0n) is 28.6. The number of fused-ring (bicyclic) bond motifs is 9. The van der Waals surface area contributed by atoms with Gasteiger partial charge in [-0.05, 0) is 56.6 Å². The van der Waals surface area contributed by atoms with E-state index >= 15 is 0 Å². The van der Waals surface area contributed by atoms with Gasteiger partial charge in [-0.25, -0.2) is 15.0 Å². The van der Waals surface area contributed by atoms with Gasteiger partial charge in [-0.2, -0.15) is 0 Å². The monoisotopic (exact) mass is 674 g/mol. The quantitative estimate of drug-likeness (QED) is 0.187. The lowest BCUT2D eigenvalue weighted by molar-refractivity contribution is 1.08. The summed E-state index contributed by atoms with van der Waals surface area (Å²) in [5.41, 5.74) is 6.36. The van der Waals surface area contributed by atoms with Gasteiger partial charge in [-0.1, -0.05) is 158 Å². The maximum absolute atomic E-state index is 5.19. The molecule has 9 aromatic carbocycles. The van der Waals surface area contributed by atoms with E-state index in [0.29, 0.717) is 17.5 Å². The number of benzene rings is 9. The lowest BCUT2D eigenvalue weighted by Gasteiger charge is -2.16. The van der Waals surface area contributed by atoms with Crippen LogP contribution in [0.1, 0.15) is 0 Å². The van der Waals surface area contributed by atoms with Crippen molar-refractivity contribution in [3.05, 3.63) is 182 Å². The van der Waals surface area contributed by atoms with Crippen LogP contribution in [0.4, 0.5) is 0 Å². The normalized spacial score (nSPS) is 11.8. The first kappa shape index (κ1) is 29.5. The second-order valence-electron chi connectivity index (χ2n) is 13.6. The fraction of sp³-hybridized carbons (Fsp3) is 0. The van der Waals surface area contributed by atoms with Crippen LogP contribution in [-0.2, 0) is 0 Å². The molecule has 0 bridgehead atoms. The van der Waals surface area contributed by atoms with Gasteiger partial charge in [0.2, 0.25) is 0 Å². The molecule has 4 nitrogen and oxygen atoms in total. The minimum Gasteiger partial charge on any atom is -0.308 e. The van der Waals surface area contributed by atoms with E-state index in [9.17, 15) is 0 Å². The maximum Gasteiger partial charge on any atom is 0.164 e. The van der Waals surface area contributed by atoms with Crippen LogP contribution in [0.25, 0.3) is 105 Å². The number of hydrogen-bond donors (Lipinski definition) is 0. The first-order valence-electron chi connectivity index (χ1n) is 18.0. The molecule has 0 saturated heterocycles. The maximum atomic E-state index is 5.19. The van der Waals surface area contributed by atoms with Crippen LogP contribution < -0.4 is 0 Å². The molecule has 0 N–H and O–H groups in total. The lowest BCUT2D eigenvalue weighted by atomic mass is 10.0. The van der Waals surface area contributed by atoms with Crippen molar-refractivity contribution in [3.63, 3.8) is 0 Å². The Bertz CT molecular complexity index is 3230. The fourth-order valence-corrected chi connectivity index (χ4v) is 8.14. The SMILES string of the molecule is c1ccc(-c2nc(-c3ccc4ccccc4c3)nc(-c3ccc(-n4c5ccc6ccccc6c5c5ccc6ccccc6c54)c4ccccc34)n2)cc1. The van der Waals surface area contributed by atoms with Gasteiger partial charge in [0, 0.05) is 38.2 Å². The largest absolute Gasteiger partial charge is 0.308 e. The Morgan fingerprint density at radius 2 is 0.925 bits per heavy atom. The van der Waals surface area contributed by atoms with Gasteiger partial charge in [-0.15, -0.1) is 0 Å². The Labute approximate surface area is 305 Å². The number of rotatable bonds is 4. The molecule has 0 spiro atoms. The summed E-state index contributed by atoms with van der Waals surface area (Å²) in [4.78, 5) is 15.4. The van der Waals surface area contributed by atoms with Crippen LogP contribution >= 0.6 is 0 Å². The first-order valence-corrected chi connectivity index (χ1v) is 18.0. The number of hydrogen-bond acceptors (Lipinski definition) is 3. The molecule has 11 rings (SSSR count). The van der Waals surface area contributed by atoms with E-state index in [0.717, 1.165) is 38.5 Å². The average molecular weight is 675 g/mol. The highest BCUT2D eigenvalue weighted by molar-refractivity contribution is 6.26. The van der Waals surface area contributed by atoms with Crippen molar-refractivity contribution < 1.29 is 0 Å². The molecular weight excluding hydrogens is 645 g/mol. The molecule has 0 fully saturated rings. The van der Waals surface area contributed by atoms with Gasteiger partial charge in [-0.3, -0.25) is 0 Å². The van der Waals surface area contributed by atoms with Gasteiger partial charge in [0.1, 0.15) is 0 Å². The van der Waals surface area contributed by atoms with Crippen LogP contribution in [-0.4, -0.2) is 19.5 Å². The van der Waals surface area contributed by atoms with Crippen molar-refractivity contribution in [2.45, 2.75) is 0 Å². The standard InChI is InChI=1S/C49H30N4/c1-2-15-34(16-3-1)47-50-48(36-23-22-31-12-4-5-17-35(31)30-36)52-49(51-47)41-27-29-43(40-21-11-10-20-39(40)41)53-44-28-25-32-13-6-8-18-37(32)45(44)42-26-24-33-14-7-9-19-38(33)46(42)53/h1-30H. The predicted molar refractivity (Wildman–Crippen MR) is 220 cm³/mol. The van der Waals surface area contributed by atoms with Gasteiger partial charge < -0.3 is 4.57 Å². The van der Waals surface area contributed by atoms with Crippen LogP contribution in [0.15, 0.2) is 182 Å².